The third-order valence-corrected chi connectivity index (χ3v) is 4.61. The van der Waals surface area contributed by atoms with E-state index in [1.54, 1.807) is 12.1 Å². The summed E-state index contributed by atoms with van der Waals surface area (Å²) >= 11 is 0. The predicted molar refractivity (Wildman–Crippen MR) is 78.7 cm³/mol. The van der Waals surface area contributed by atoms with Crippen LogP contribution in [0.2, 0.25) is 0 Å². The van der Waals surface area contributed by atoms with E-state index in [0.717, 1.165) is 11.6 Å². The van der Waals surface area contributed by atoms with E-state index in [0.29, 0.717) is 11.6 Å². The van der Waals surface area contributed by atoms with Crippen molar-refractivity contribution in [3.05, 3.63) is 29.6 Å². The van der Waals surface area contributed by atoms with Gasteiger partial charge in [-0.05, 0) is 43.7 Å². The van der Waals surface area contributed by atoms with Crippen molar-refractivity contribution in [1.29, 1.82) is 0 Å². The molecule has 0 aromatic heterocycles. The van der Waals surface area contributed by atoms with Crippen molar-refractivity contribution < 1.29 is 4.39 Å². The van der Waals surface area contributed by atoms with Gasteiger partial charge in [0.1, 0.15) is 5.82 Å². The maximum absolute atomic E-state index is 13.8. The number of anilines is 1. The van der Waals surface area contributed by atoms with Gasteiger partial charge >= 0.3 is 0 Å². The van der Waals surface area contributed by atoms with E-state index in [1.807, 2.05) is 6.07 Å². The van der Waals surface area contributed by atoms with Crippen molar-refractivity contribution in [3.8, 4) is 0 Å². The third kappa shape index (κ3) is 3.27. The summed E-state index contributed by atoms with van der Waals surface area (Å²) in [6, 6.07) is 5.95. The zero-order chi connectivity index (χ0) is 13.8. The van der Waals surface area contributed by atoms with E-state index >= 15 is 0 Å². The second-order valence-corrected chi connectivity index (χ2v) is 5.67. The first kappa shape index (κ1) is 14.3. The van der Waals surface area contributed by atoms with Crippen molar-refractivity contribution in [2.45, 2.75) is 51.6 Å². The highest BCUT2D eigenvalue weighted by molar-refractivity contribution is 5.48. The van der Waals surface area contributed by atoms with Gasteiger partial charge in [-0.1, -0.05) is 19.4 Å². The highest BCUT2D eigenvalue weighted by Crippen LogP contribution is 2.31. The van der Waals surface area contributed by atoms with Crippen molar-refractivity contribution in [2.75, 3.05) is 11.9 Å². The third-order valence-electron chi connectivity index (χ3n) is 4.61. The molecule has 19 heavy (non-hydrogen) atoms. The fraction of sp³-hybridized carbons (Fsp3) is 0.625. The minimum absolute atomic E-state index is 0.186. The summed E-state index contributed by atoms with van der Waals surface area (Å²) < 4.78 is 13.8. The molecule has 0 heterocycles. The van der Waals surface area contributed by atoms with Crippen LogP contribution in [0.15, 0.2) is 18.2 Å². The van der Waals surface area contributed by atoms with E-state index in [2.05, 4.69) is 18.9 Å². The first-order chi connectivity index (χ1) is 9.15. The second-order valence-electron chi connectivity index (χ2n) is 5.67. The summed E-state index contributed by atoms with van der Waals surface area (Å²) in [5.41, 5.74) is 7.05. The molecule has 0 saturated heterocycles. The minimum Gasteiger partial charge on any atom is -0.372 e. The molecule has 2 rings (SSSR count). The lowest BCUT2D eigenvalue weighted by Gasteiger charge is -2.36. The summed E-state index contributed by atoms with van der Waals surface area (Å²) in [4.78, 5) is 2.23. The van der Waals surface area contributed by atoms with Crippen molar-refractivity contribution >= 4 is 5.69 Å². The first-order valence-corrected chi connectivity index (χ1v) is 7.37. The molecule has 3 heteroatoms. The number of hydrogen-bond acceptors (Lipinski definition) is 2. The second kappa shape index (κ2) is 6.38. The first-order valence-electron chi connectivity index (χ1n) is 7.37. The Morgan fingerprint density at radius 3 is 2.47 bits per heavy atom. The number of halogens is 1. The van der Waals surface area contributed by atoms with Crippen LogP contribution in [0.4, 0.5) is 10.1 Å². The molecule has 0 bridgehead atoms. The molecule has 1 aliphatic carbocycles. The minimum atomic E-state index is -0.186. The van der Waals surface area contributed by atoms with E-state index in [-0.39, 0.29) is 12.4 Å². The van der Waals surface area contributed by atoms with E-state index < -0.39 is 0 Å². The van der Waals surface area contributed by atoms with Gasteiger partial charge in [-0.3, -0.25) is 0 Å². The van der Waals surface area contributed by atoms with Crippen LogP contribution < -0.4 is 10.6 Å². The molecule has 0 amide bonds. The van der Waals surface area contributed by atoms with Crippen molar-refractivity contribution in [2.24, 2.45) is 11.7 Å². The van der Waals surface area contributed by atoms with Gasteiger partial charge in [0.2, 0.25) is 0 Å². The molecule has 1 aliphatic rings. The fourth-order valence-corrected chi connectivity index (χ4v) is 3.07. The largest absolute Gasteiger partial charge is 0.372 e. The van der Waals surface area contributed by atoms with Gasteiger partial charge in [0.05, 0.1) is 0 Å². The molecule has 1 aromatic carbocycles. The van der Waals surface area contributed by atoms with E-state index in [1.165, 1.54) is 32.1 Å². The standard InChI is InChI=1S/C16H25FN2/c1-3-12-4-7-14(8-5-12)19(2)15-9-6-13(11-18)16(17)10-15/h6,9-10,12,14H,3-5,7-8,11,18H2,1-2H3. The Hall–Kier alpha value is -1.09. The molecule has 1 saturated carbocycles. The Morgan fingerprint density at radius 2 is 1.95 bits per heavy atom. The van der Waals surface area contributed by atoms with Gasteiger partial charge in [0, 0.05) is 30.9 Å². The molecule has 0 spiro atoms. The topological polar surface area (TPSA) is 29.3 Å². The maximum Gasteiger partial charge on any atom is 0.129 e. The summed E-state index contributed by atoms with van der Waals surface area (Å²) in [5.74, 6) is 0.704. The number of nitrogens with two attached hydrogens (primary N) is 1. The quantitative estimate of drug-likeness (QED) is 0.898. The molecule has 0 aliphatic heterocycles. The molecule has 1 aromatic rings. The van der Waals surface area contributed by atoms with Gasteiger partial charge in [-0.2, -0.15) is 0 Å². The average Bonchev–Trinajstić information content (AvgIpc) is 2.46. The zero-order valence-electron chi connectivity index (χ0n) is 12.0. The molecular formula is C16H25FN2. The zero-order valence-corrected chi connectivity index (χ0v) is 12.0. The maximum atomic E-state index is 13.8. The van der Waals surface area contributed by atoms with Crippen LogP contribution >= 0.6 is 0 Å². The summed E-state index contributed by atoms with van der Waals surface area (Å²) in [6.45, 7) is 2.53. The van der Waals surface area contributed by atoms with Gasteiger partial charge < -0.3 is 10.6 Å². The van der Waals surface area contributed by atoms with Gasteiger partial charge in [0.25, 0.3) is 0 Å². The molecule has 2 N–H and O–H groups in total. The normalized spacial score (nSPS) is 23.4. The molecular weight excluding hydrogens is 239 g/mol. The Kier molecular flexibility index (Phi) is 4.81. The number of hydrogen-bond donors (Lipinski definition) is 1. The Bertz CT molecular complexity index is 411. The smallest absolute Gasteiger partial charge is 0.129 e. The lowest BCUT2D eigenvalue weighted by atomic mass is 9.84. The number of nitrogens with zero attached hydrogens (tertiary/aromatic N) is 1. The van der Waals surface area contributed by atoms with Crippen LogP contribution in [-0.4, -0.2) is 13.1 Å². The highest BCUT2D eigenvalue weighted by atomic mass is 19.1. The lowest BCUT2D eigenvalue weighted by molar-refractivity contribution is 0.313. The Balaban J connectivity index is 2.03. The van der Waals surface area contributed by atoms with Gasteiger partial charge in [0.15, 0.2) is 0 Å². The van der Waals surface area contributed by atoms with Crippen LogP contribution in [0, 0.1) is 11.7 Å². The van der Waals surface area contributed by atoms with Crippen molar-refractivity contribution in [3.63, 3.8) is 0 Å². The lowest BCUT2D eigenvalue weighted by Crippen LogP contribution is -2.35. The van der Waals surface area contributed by atoms with Crippen LogP contribution in [0.1, 0.15) is 44.6 Å². The summed E-state index contributed by atoms with van der Waals surface area (Å²) in [6.07, 6.45) is 6.32. The number of rotatable bonds is 4. The summed E-state index contributed by atoms with van der Waals surface area (Å²) in [7, 11) is 2.08. The molecule has 1 fully saturated rings. The molecule has 106 valence electrons. The number of benzene rings is 1. The molecule has 0 radical (unpaired) electrons. The molecule has 0 unspecified atom stereocenters. The monoisotopic (exact) mass is 264 g/mol. The van der Waals surface area contributed by atoms with Crippen LogP contribution in [-0.2, 0) is 6.54 Å². The van der Waals surface area contributed by atoms with Gasteiger partial charge in [-0.15, -0.1) is 0 Å². The molecule has 0 atom stereocenters. The predicted octanol–water partition coefficient (Wildman–Crippen LogP) is 3.69. The van der Waals surface area contributed by atoms with E-state index in [4.69, 9.17) is 5.73 Å². The molecule has 2 nitrogen and oxygen atoms in total. The summed E-state index contributed by atoms with van der Waals surface area (Å²) in [5, 5.41) is 0. The van der Waals surface area contributed by atoms with Crippen LogP contribution in [0.5, 0.6) is 0 Å². The van der Waals surface area contributed by atoms with Crippen LogP contribution in [0.25, 0.3) is 0 Å². The average molecular weight is 264 g/mol. The fourth-order valence-electron chi connectivity index (χ4n) is 3.07. The Labute approximate surface area is 115 Å². The Morgan fingerprint density at radius 1 is 1.26 bits per heavy atom. The van der Waals surface area contributed by atoms with Crippen molar-refractivity contribution in [1.82, 2.24) is 0 Å². The van der Waals surface area contributed by atoms with Crippen LogP contribution in [0.3, 0.4) is 0 Å². The van der Waals surface area contributed by atoms with E-state index in [9.17, 15) is 4.39 Å². The highest BCUT2D eigenvalue weighted by Gasteiger charge is 2.23. The van der Waals surface area contributed by atoms with Gasteiger partial charge in [-0.25, -0.2) is 4.39 Å². The SMILES string of the molecule is CCC1CCC(N(C)c2ccc(CN)c(F)c2)CC1.